The molecule has 0 aliphatic carbocycles. The Labute approximate surface area is 115 Å². The lowest BCUT2D eigenvalue weighted by molar-refractivity contribution is -0.386. The highest BCUT2D eigenvalue weighted by atomic mass is 32.2. The van der Waals surface area contributed by atoms with Crippen LogP contribution >= 0.6 is 0 Å². The summed E-state index contributed by atoms with van der Waals surface area (Å²) in [6.07, 6.45) is 0.327. The number of aliphatic hydroxyl groups excluding tert-OH is 1. The van der Waals surface area contributed by atoms with Crippen LogP contribution in [0.15, 0.2) is 23.1 Å². The van der Waals surface area contributed by atoms with Crippen LogP contribution in [0, 0.1) is 10.1 Å². The summed E-state index contributed by atoms with van der Waals surface area (Å²) in [6.45, 7) is 0.227. The van der Waals surface area contributed by atoms with Crippen LogP contribution in [0.5, 0.6) is 5.75 Å². The van der Waals surface area contributed by atoms with E-state index >= 15 is 0 Å². The molecule has 0 bridgehead atoms. The Morgan fingerprint density at radius 1 is 1.40 bits per heavy atom. The fourth-order valence-corrected chi connectivity index (χ4v) is 3.63. The quantitative estimate of drug-likeness (QED) is 0.617. The van der Waals surface area contributed by atoms with Crippen molar-refractivity contribution < 1.29 is 23.6 Å². The van der Waals surface area contributed by atoms with Gasteiger partial charge in [-0.1, -0.05) is 0 Å². The molecule has 0 radical (unpaired) electrons. The van der Waals surface area contributed by atoms with Crippen LogP contribution in [0.3, 0.4) is 0 Å². The minimum atomic E-state index is -3.91. The Bertz CT molecular complexity index is 630. The van der Waals surface area contributed by atoms with Gasteiger partial charge in [-0.3, -0.25) is 10.1 Å². The van der Waals surface area contributed by atoms with Crippen LogP contribution in [0.4, 0.5) is 5.69 Å². The number of hydrogen-bond acceptors (Lipinski definition) is 6. The van der Waals surface area contributed by atoms with E-state index in [2.05, 4.69) is 0 Å². The molecule has 1 fully saturated rings. The third-order valence-electron chi connectivity index (χ3n) is 3.14. The van der Waals surface area contributed by atoms with Crippen molar-refractivity contribution in [3.63, 3.8) is 0 Å². The van der Waals surface area contributed by atoms with Gasteiger partial charge >= 0.3 is 5.69 Å². The van der Waals surface area contributed by atoms with Gasteiger partial charge < -0.3 is 10.2 Å². The lowest BCUT2D eigenvalue weighted by atomic mass is 10.1. The van der Waals surface area contributed by atoms with E-state index in [1.165, 1.54) is 0 Å². The smallest absolute Gasteiger partial charge is 0.312 e. The summed E-state index contributed by atoms with van der Waals surface area (Å²) in [5.74, 6) is -0.590. The first kappa shape index (κ1) is 14.7. The van der Waals surface area contributed by atoms with E-state index in [1.807, 2.05) is 0 Å². The van der Waals surface area contributed by atoms with Crippen molar-refractivity contribution in [3.8, 4) is 5.75 Å². The number of nitro benzene ring substituents is 1. The second-order valence-corrected chi connectivity index (χ2v) is 6.50. The number of aliphatic hydroxyl groups is 1. The van der Waals surface area contributed by atoms with Crippen molar-refractivity contribution in [3.05, 3.63) is 28.3 Å². The van der Waals surface area contributed by atoms with E-state index in [1.54, 1.807) is 0 Å². The summed E-state index contributed by atoms with van der Waals surface area (Å²) < 4.78 is 25.8. The number of piperidine rings is 1. The van der Waals surface area contributed by atoms with Gasteiger partial charge in [0.05, 0.1) is 15.9 Å². The van der Waals surface area contributed by atoms with Crippen molar-refractivity contribution in [2.45, 2.75) is 23.8 Å². The lowest BCUT2D eigenvalue weighted by Crippen LogP contribution is -2.42. The number of nitro groups is 1. The Kier molecular flexibility index (Phi) is 3.93. The third kappa shape index (κ3) is 2.74. The van der Waals surface area contributed by atoms with Gasteiger partial charge in [-0.05, 0) is 25.0 Å². The van der Waals surface area contributed by atoms with E-state index in [9.17, 15) is 28.7 Å². The minimum Gasteiger partial charge on any atom is -0.502 e. The fraction of sp³-hybridized carbons (Fsp3) is 0.455. The predicted molar refractivity (Wildman–Crippen MR) is 68.8 cm³/mol. The van der Waals surface area contributed by atoms with Gasteiger partial charge in [-0.15, -0.1) is 0 Å². The summed E-state index contributed by atoms with van der Waals surface area (Å²) in [7, 11) is -3.91. The van der Waals surface area contributed by atoms with E-state index in [0.717, 1.165) is 22.5 Å². The molecule has 1 heterocycles. The zero-order valence-electron chi connectivity index (χ0n) is 10.5. The van der Waals surface area contributed by atoms with Crippen LogP contribution < -0.4 is 0 Å². The fourth-order valence-electron chi connectivity index (χ4n) is 2.10. The molecule has 1 saturated heterocycles. The second-order valence-electron chi connectivity index (χ2n) is 4.57. The molecule has 1 aliphatic heterocycles. The van der Waals surface area contributed by atoms with Crippen LogP contribution in [-0.2, 0) is 10.0 Å². The molecule has 8 nitrogen and oxygen atoms in total. The van der Waals surface area contributed by atoms with E-state index in [4.69, 9.17) is 0 Å². The maximum absolute atomic E-state index is 12.3. The molecule has 1 unspecified atom stereocenters. The van der Waals surface area contributed by atoms with Gasteiger partial charge in [-0.2, -0.15) is 4.31 Å². The summed E-state index contributed by atoms with van der Waals surface area (Å²) >= 11 is 0. The molecule has 1 aliphatic rings. The van der Waals surface area contributed by atoms with Crippen LogP contribution in [0.25, 0.3) is 0 Å². The van der Waals surface area contributed by atoms with Crippen molar-refractivity contribution in [2.75, 3.05) is 13.1 Å². The normalized spacial score (nSPS) is 20.8. The molecule has 1 aromatic rings. The largest absolute Gasteiger partial charge is 0.502 e. The summed E-state index contributed by atoms with van der Waals surface area (Å²) in [5.41, 5.74) is -0.663. The average Bonchev–Trinajstić information content (AvgIpc) is 2.38. The zero-order valence-corrected chi connectivity index (χ0v) is 11.3. The molecule has 2 rings (SSSR count). The average molecular weight is 302 g/mol. The van der Waals surface area contributed by atoms with Crippen molar-refractivity contribution in [1.82, 2.24) is 4.31 Å². The van der Waals surface area contributed by atoms with Crippen LogP contribution in [0.1, 0.15) is 12.8 Å². The predicted octanol–water partition coefficient (Wildman–Crippen LogP) is 0.446. The molecule has 20 heavy (non-hydrogen) atoms. The number of β-amino-alcohol motifs (C(OH)–C–C–N with tert-alkyl or cyclic N) is 1. The Hall–Kier alpha value is -1.71. The number of phenols is 1. The number of phenolic OH excluding ortho intramolecular Hbond substituents is 1. The number of sulfonamides is 1. The van der Waals surface area contributed by atoms with Gasteiger partial charge in [0, 0.05) is 19.2 Å². The number of hydrogen-bond donors (Lipinski definition) is 2. The van der Waals surface area contributed by atoms with E-state index < -0.39 is 32.5 Å². The molecule has 9 heteroatoms. The molecule has 0 aromatic heterocycles. The number of aromatic hydroxyl groups is 1. The maximum Gasteiger partial charge on any atom is 0.312 e. The van der Waals surface area contributed by atoms with Crippen molar-refractivity contribution >= 4 is 15.7 Å². The molecule has 0 saturated carbocycles. The number of nitrogens with zero attached hydrogens (tertiary/aromatic N) is 2. The topological polar surface area (TPSA) is 121 Å². The molecule has 1 atom stereocenters. The second kappa shape index (κ2) is 5.35. The van der Waals surface area contributed by atoms with E-state index in [0.29, 0.717) is 12.8 Å². The Balaban J connectivity index is 2.39. The molecule has 2 N–H and O–H groups in total. The standard InChI is InChI=1S/C11H14N2O6S/c14-8-2-1-5-12(7-8)20(18,19)9-3-4-11(15)10(6-9)13(16)17/h3-4,6,8,14-15H,1-2,5,7H2. The molecule has 1 aromatic carbocycles. The Morgan fingerprint density at radius 3 is 2.70 bits per heavy atom. The SMILES string of the molecule is O=[N+]([O-])c1cc(S(=O)(=O)N2CCCC(O)C2)ccc1O. The highest BCUT2D eigenvalue weighted by Gasteiger charge is 2.31. The van der Waals surface area contributed by atoms with Crippen molar-refractivity contribution in [2.24, 2.45) is 0 Å². The molecule has 0 amide bonds. The van der Waals surface area contributed by atoms with Gasteiger partial charge in [0.15, 0.2) is 5.75 Å². The number of benzene rings is 1. The molecular weight excluding hydrogens is 288 g/mol. The first-order valence-corrected chi connectivity index (χ1v) is 7.42. The van der Waals surface area contributed by atoms with Gasteiger partial charge in [-0.25, -0.2) is 8.42 Å². The number of rotatable bonds is 3. The highest BCUT2D eigenvalue weighted by Crippen LogP contribution is 2.30. The van der Waals surface area contributed by atoms with Crippen LogP contribution in [-0.4, -0.2) is 47.1 Å². The summed E-state index contributed by atoms with van der Waals surface area (Å²) in [5, 5.41) is 29.6. The highest BCUT2D eigenvalue weighted by molar-refractivity contribution is 7.89. The molecular formula is C11H14N2O6S. The Morgan fingerprint density at radius 2 is 2.10 bits per heavy atom. The van der Waals surface area contributed by atoms with Crippen molar-refractivity contribution in [1.29, 1.82) is 0 Å². The monoisotopic (exact) mass is 302 g/mol. The zero-order chi connectivity index (χ0) is 14.9. The molecule has 0 spiro atoms. The van der Waals surface area contributed by atoms with Gasteiger partial charge in [0.2, 0.25) is 10.0 Å². The summed E-state index contributed by atoms with van der Waals surface area (Å²) in [4.78, 5) is 9.61. The van der Waals surface area contributed by atoms with E-state index in [-0.39, 0.29) is 18.0 Å². The minimum absolute atomic E-state index is 0.0307. The lowest BCUT2D eigenvalue weighted by Gasteiger charge is -2.29. The van der Waals surface area contributed by atoms with Gasteiger partial charge in [0.1, 0.15) is 0 Å². The third-order valence-corrected chi connectivity index (χ3v) is 5.00. The van der Waals surface area contributed by atoms with Gasteiger partial charge in [0.25, 0.3) is 0 Å². The van der Waals surface area contributed by atoms with Crippen LogP contribution in [0.2, 0.25) is 0 Å². The maximum atomic E-state index is 12.3. The molecule has 110 valence electrons. The first-order chi connectivity index (χ1) is 9.32. The first-order valence-electron chi connectivity index (χ1n) is 5.98. The summed E-state index contributed by atoms with van der Waals surface area (Å²) in [6, 6.07) is 2.91.